The second-order valence-electron chi connectivity index (χ2n) is 2.71. The maximum Gasteiger partial charge on any atom is 0.276 e. The molecule has 4 nitrogen and oxygen atoms in total. The van der Waals surface area contributed by atoms with Crippen LogP contribution in [0.4, 0.5) is 0 Å². The second kappa shape index (κ2) is 5.31. The molecule has 1 rings (SSSR count). The molecule has 0 radical (unpaired) electrons. The highest BCUT2D eigenvalue weighted by Crippen LogP contribution is 2.06. The summed E-state index contributed by atoms with van der Waals surface area (Å²) in [6, 6.07) is 8.08. The van der Waals surface area contributed by atoms with Crippen LogP contribution >= 0.6 is 0 Å². The molecule has 1 N–H and O–H groups in total. The molecular weight excluding hydrogens is 212 g/mol. The molecule has 0 aliphatic carbocycles. The van der Waals surface area contributed by atoms with Crippen LogP contribution in [0.25, 0.3) is 0 Å². The van der Waals surface area contributed by atoms with E-state index in [0.717, 1.165) is 0 Å². The molecule has 0 fully saturated rings. The van der Waals surface area contributed by atoms with E-state index in [4.69, 9.17) is 0 Å². The highest BCUT2D eigenvalue weighted by molar-refractivity contribution is 7.89. The number of allylic oxidation sites excluding steroid dienone is 2. The van der Waals surface area contributed by atoms with Gasteiger partial charge in [0.1, 0.15) is 0 Å². The first kappa shape index (κ1) is 11.5. The van der Waals surface area contributed by atoms with E-state index in [-0.39, 0.29) is 4.90 Å². The number of benzene rings is 1. The van der Waals surface area contributed by atoms with Gasteiger partial charge in [-0.2, -0.15) is 13.5 Å². The SMILES string of the molecule is CC=CC=NNS(=O)(=O)c1ccccc1. The minimum atomic E-state index is -3.52. The number of hydrogen-bond acceptors (Lipinski definition) is 3. The Morgan fingerprint density at radius 2 is 1.93 bits per heavy atom. The Hall–Kier alpha value is -1.62. The van der Waals surface area contributed by atoms with Gasteiger partial charge in [-0.05, 0) is 25.1 Å². The molecule has 1 aromatic carbocycles. The van der Waals surface area contributed by atoms with E-state index in [1.54, 1.807) is 30.4 Å². The third-order valence-electron chi connectivity index (χ3n) is 1.58. The van der Waals surface area contributed by atoms with Crippen molar-refractivity contribution in [1.82, 2.24) is 4.83 Å². The molecule has 0 unspecified atom stereocenters. The lowest BCUT2D eigenvalue weighted by Crippen LogP contribution is -2.17. The van der Waals surface area contributed by atoms with Crippen LogP contribution in [0.1, 0.15) is 6.92 Å². The Balaban J connectivity index is 2.77. The molecular formula is C10H12N2O2S. The fourth-order valence-electron chi connectivity index (χ4n) is 0.881. The van der Waals surface area contributed by atoms with Crippen molar-refractivity contribution in [3.8, 4) is 0 Å². The van der Waals surface area contributed by atoms with Crippen molar-refractivity contribution in [2.45, 2.75) is 11.8 Å². The molecule has 0 aliphatic heterocycles. The van der Waals surface area contributed by atoms with Crippen molar-refractivity contribution >= 4 is 16.2 Å². The summed E-state index contributed by atoms with van der Waals surface area (Å²) in [6.45, 7) is 1.82. The molecule has 1 aromatic rings. The number of sulfonamides is 1. The quantitative estimate of drug-likeness (QED) is 0.622. The first-order valence-corrected chi connectivity index (χ1v) is 5.86. The van der Waals surface area contributed by atoms with E-state index in [1.807, 2.05) is 6.92 Å². The number of hydrazone groups is 1. The van der Waals surface area contributed by atoms with Gasteiger partial charge in [-0.1, -0.05) is 24.3 Å². The Morgan fingerprint density at radius 1 is 1.27 bits per heavy atom. The van der Waals surface area contributed by atoms with Crippen molar-refractivity contribution in [2.75, 3.05) is 0 Å². The molecule has 0 heterocycles. The minimum Gasteiger partial charge on any atom is -0.200 e. The first-order valence-electron chi connectivity index (χ1n) is 4.38. The Bertz CT molecular complexity index is 450. The summed E-state index contributed by atoms with van der Waals surface area (Å²) in [5.74, 6) is 0. The molecule has 0 bridgehead atoms. The highest BCUT2D eigenvalue weighted by atomic mass is 32.2. The van der Waals surface area contributed by atoms with Crippen LogP contribution < -0.4 is 4.83 Å². The molecule has 0 amide bonds. The van der Waals surface area contributed by atoms with Crippen LogP contribution in [0.15, 0.2) is 52.5 Å². The maximum absolute atomic E-state index is 11.5. The van der Waals surface area contributed by atoms with Crippen LogP contribution in [0, 0.1) is 0 Å². The standard InChI is InChI=1S/C10H12N2O2S/c1-2-3-9-11-12-15(13,14)10-7-5-4-6-8-10/h2-9,12H,1H3. The summed E-state index contributed by atoms with van der Waals surface area (Å²) in [7, 11) is -3.52. The lowest BCUT2D eigenvalue weighted by atomic mass is 10.4. The minimum absolute atomic E-state index is 0.197. The Labute approximate surface area is 89.4 Å². The van der Waals surface area contributed by atoms with E-state index < -0.39 is 10.0 Å². The lowest BCUT2D eigenvalue weighted by Gasteiger charge is -2.01. The third-order valence-corrected chi connectivity index (χ3v) is 2.82. The van der Waals surface area contributed by atoms with Crippen LogP contribution in [0.3, 0.4) is 0 Å². The molecule has 0 aromatic heterocycles. The summed E-state index contributed by atoms with van der Waals surface area (Å²) in [5, 5.41) is 3.56. The summed E-state index contributed by atoms with van der Waals surface area (Å²) >= 11 is 0. The van der Waals surface area contributed by atoms with Gasteiger partial charge in [0.25, 0.3) is 10.0 Å². The summed E-state index contributed by atoms with van der Waals surface area (Å²) in [6.07, 6.45) is 4.76. The van der Waals surface area contributed by atoms with Crippen LogP contribution in [0.2, 0.25) is 0 Å². The van der Waals surface area contributed by atoms with Gasteiger partial charge in [-0.3, -0.25) is 0 Å². The molecule has 0 saturated carbocycles. The monoisotopic (exact) mass is 224 g/mol. The average Bonchev–Trinajstić information content (AvgIpc) is 2.26. The van der Waals surface area contributed by atoms with Crippen molar-refractivity contribution in [3.63, 3.8) is 0 Å². The van der Waals surface area contributed by atoms with Crippen LogP contribution in [0.5, 0.6) is 0 Å². The van der Waals surface area contributed by atoms with E-state index in [0.29, 0.717) is 0 Å². The largest absolute Gasteiger partial charge is 0.276 e. The van der Waals surface area contributed by atoms with Gasteiger partial charge in [-0.25, -0.2) is 4.83 Å². The number of nitrogens with one attached hydrogen (secondary N) is 1. The molecule has 0 saturated heterocycles. The molecule has 15 heavy (non-hydrogen) atoms. The van der Waals surface area contributed by atoms with Crippen molar-refractivity contribution in [2.24, 2.45) is 5.10 Å². The van der Waals surface area contributed by atoms with Crippen molar-refractivity contribution < 1.29 is 8.42 Å². The van der Waals surface area contributed by atoms with Gasteiger partial charge >= 0.3 is 0 Å². The van der Waals surface area contributed by atoms with E-state index in [2.05, 4.69) is 9.93 Å². The molecule has 5 heteroatoms. The summed E-state index contributed by atoms with van der Waals surface area (Å²) in [4.78, 5) is 2.30. The zero-order valence-corrected chi connectivity index (χ0v) is 9.11. The smallest absolute Gasteiger partial charge is 0.200 e. The first-order chi connectivity index (χ1) is 7.17. The summed E-state index contributed by atoms with van der Waals surface area (Å²) in [5.41, 5.74) is 0. The third kappa shape index (κ3) is 3.55. The van der Waals surface area contributed by atoms with Crippen LogP contribution in [-0.2, 0) is 10.0 Å². The van der Waals surface area contributed by atoms with Gasteiger partial charge in [0.15, 0.2) is 0 Å². The van der Waals surface area contributed by atoms with E-state index in [1.165, 1.54) is 18.3 Å². The predicted octanol–water partition coefficient (Wildman–Crippen LogP) is 1.53. The van der Waals surface area contributed by atoms with Crippen molar-refractivity contribution in [3.05, 3.63) is 42.5 Å². The zero-order chi connectivity index (χ0) is 11.1. The number of rotatable bonds is 4. The Morgan fingerprint density at radius 3 is 2.53 bits per heavy atom. The molecule has 80 valence electrons. The average molecular weight is 224 g/mol. The maximum atomic E-state index is 11.5. The Kier molecular flexibility index (Phi) is 4.05. The molecule has 0 atom stereocenters. The summed E-state index contributed by atoms with van der Waals surface area (Å²) < 4.78 is 23.1. The topological polar surface area (TPSA) is 58.5 Å². The predicted molar refractivity (Wildman–Crippen MR) is 60.1 cm³/mol. The highest BCUT2D eigenvalue weighted by Gasteiger charge is 2.10. The normalized spacial score (nSPS) is 12.3. The molecule has 0 aliphatic rings. The van der Waals surface area contributed by atoms with E-state index in [9.17, 15) is 8.42 Å². The zero-order valence-electron chi connectivity index (χ0n) is 8.29. The van der Waals surface area contributed by atoms with Gasteiger partial charge in [-0.15, -0.1) is 0 Å². The van der Waals surface area contributed by atoms with Gasteiger partial charge in [0, 0.05) is 6.21 Å². The second-order valence-corrected chi connectivity index (χ2v) is 4.37. The van der Waals surface area contributed by atoms with E-state index >= 15 is 0 Å². The van der Waals surface area contributed by atoms with Crippen molar-refractivity contribution in [1.29, 1.82) is 0 Å². The fraction of sp³-hybridized carbons (Fsp3) is 0.100. The number of hydrogen-bond donors (Lipinski definition) is 1. The van der Waals surface area contributed by atoms with Gasteiger partial charge in [0.05, 0.1) is 4.90 Å². The number of nitrogens with zero attached hydrogens (tertiary/aromatic N) is 1. The van der Waals surface area contributed by atoms with Gasteiger partial charge in [0.2, 0.25) is 0 Å². The van der Waals surface area contributed by atoms with Crippen LogP contribution in [-0.4, -0.2) is 14.6 Å². The fourth-order valence-corrected chi connectivity index (χ4v) is 1.70. The lowest BCUT2D eigenvalue weighted by molar-refractivity contribution is 0.584. The molecule has 0 spiro atoms. The van der Waals surface area contributed by atoms with Gasteiger partial charge < -0.3 is 0 Å².